The molecule has 3 rings (SSSR count). The van der Waals surface area contributed by atoms with E-state index in [9.17, 15) is 9.90 Å². The van der Waals surface area contributed by atoms with Crippen molar-refractivity contribution in [3.63, 3.8) is 0 Å². The zero-order valence-electron chi connectivity index (χ0n) is 17.4. The molecule has 3 fully saturated rings. The zero-order valence-corrected chi connectivity index (χ0v) is 18.1. The number of rotatable bonds is 5. The maximum Gasteiger partial charge on any atom is 0.320 e. The van der Waals surface area contributed by atoms with Crippen molar-refractivity contribution < 1.29 is 14.6 Å². The number of carbonyl (C=O) groups excluding carboxylic acids is 1. The van der Waals surface area contributed by atoms with E-state index in [2.05, 4.69) is 32.6 Å². The Labute approximate surface area is 174 Å². The summed E-state index contributed by atoms with van der Waals surface area (Å²) in [5, 5.41) is 9.98. The minimum Gasteiger partial charge on any atom is -0.465 e. The van der Waals surface area contributed by atoms with Gasteiger partial charge >= 0.3 is 5.97 Å². The number of halogens is 1. The molecule has 0 heterocycles. The van der Waals surface area contributed by atoms with Crippen molar-refractivity contribution in [3.05, 3.63) is 35.5 Å². The molecule has 5 unspecified atom stereocenters. The Morgan fingerprint density at radius 1 is 1.36 bits per heavy atom. The molecule has 28 heavy (non-hydrogen) atoms. The first kappa shape index (κ1) is 21.6. The van der Waals surface area contributed by atoms with Crippen molar-refractivity contribution in [2.45, 2.75) is 71.3 Å². The van der Waals surface area contributed by atoms with E-state index in [4.69, 9.17) is 16.3 Å². The van der Waals surface area contributed by atoms with Crippen molar-refractivity contribution in [1.29, 1.82) is 0 Å². The van der Waals surface area contributed by atoms with E-state index in [-0.39, 0.29) is 23.4 Å². The highest BCUT2D eigenvalue weighted by atomic mass is 35.5. The van der Waals surface area contributed by atoms with Crippen LogP contribution in [0.3, 0.4) is 0 Å². The van der Waals surface area contributed by atoms with Gasteiger partial charge in [-0.05, 0) is 80.1 Å². The second-order valence-electron chi connectivity index (χ2n) is 9.32. The molecule has 0 aromatic carbocycles. The number of carbonyl (C=O) groups is 1. The fraction of sp³-hybridized carbons (Fsp3) is 0.708. The van der Waals surface area contributed by atoms with E-state index >= 15 is 0 Å². The average molecular weight is 407 g/mol. The van der Waals surface area contributed by atoms with Crippen molar-refractivity contribution >= 4 is 17.6 Å². The highest BCUT2D eigenvalue weighted by molar-refractivity contribution is 6.26. The summed E-state index contributed by atoms with van der Waals surface area (Å²) in [7, 11) is 0. The third-order valence-corrected chi connectivity index (χ3v) is 7.75. The predicted octanol–water partition coefficient (Wildman–Crippen LogP) is 5.57. The van der Waals surface area contributed by atoms with E-state index in [1.165, 1.54) is 43.3 Å². The molecule has 1 N–H and O–H groups in total. The number of aliphatic hydroxyl groups excluding tert-OH is 1. The lowest BCUT2D eigenvalue weighted by Gasteiger charge is -2.44. The molecule has 0 spiro atoms. The zero-order chi connectivity index (χ0) is 20.3. The van der Waals surface area contributed by atoms with Gasteiger partial charge in [-0.1, -0.05) is 43.7 Å². The van der Waals surface area contributed by atoms with Crippen molar-refractivity contribution in [3.8, 4) is 0 Å². The van der Waals surface area contributed by atoms with Gasteiger partial charge < -0.3 is 9.84 Å². The summed E-state index contributed by atoms with van der Waals surface area (Å²) >= 11 is 5.56. The van der Waals surface area contributed by atoms with Gasteiger partial charge in [-0.3, -0.25) is 4.79 Å². The minimum absolute atomic E-state index is 0.0706. The molecule has 0 amide bonds. The number of aliphatic hydroxyl groups is 1. The van der Waals surface area contributed by atoms with Crippen LogP contribution in [-0.4, -0.2) is 29.7 Å². The van der Waals surface area contributed by atoms with Crippen LogP contribution in [0.2, 0.25) is 0 Å². The summed E-state index contributed by atoms with van der Waals surface area (Å²) < 4.78 is 5.34. The van der Waals surface area contributed by atoms with Gasteiger partial charge in [0.05, 0.1) is 12.7 Å². The Balaban J connectivity index is 1.72. The molecule has 0 aliphatic heterocycles. The predicted molar refractivity (Wildman–Crippen MR) is 114 cm³/mol. The van der Waals surface area contributed by atoms with Gasteiger partial charge in [0.1, 0.15) is 5.88 Å². The number of fused-ring (bicyclic) bond motifs is 1. The Kier molecular flexibility index (Phi) is 7.09. The Morgan fingerprint density at radius 2 is 2.14 bits per heavy atom. The van der Waals surface area contributed by atoms with Crippen LogP contribution >= 0.6 is 11.6 Å². The SMILES string of the molecule is C=C1CCC(O)CC1=CC=C1CCCC2(C)C1CCC2C(C)COC(=O)CCl. The molecule has 156 valence electrons. The highest BCUT2D eigenvalue weighted by Gasteiger charge is 2.50. The van der Waals surface area contributed by atoms with E-state index in [1.807, 2.05) is 0 Å². The first-order chi connectivity index (χ1) is 13.3. The number of esters is 1. The Bertz CT molecular complexity index is 665. The quantitative estimate of drug-likeness (QED) is 0.479. The lowest BCUT2D eigenvalue weighted by Crippen LogP contribution is -2.37. The van der Waals surface area contributed by atoms with Crippen molar-refractivity contribution in [2.75, 3.05) is 12.5 Å². The molecule has 0 bridgehead atoms. The molecular formula is C24H35ClO3. The van der Waals surface area contributed by atoms with Crippen LogP contribution in [0.4, 0.5) is 0 Å². The van der Waals surface area contributed by atoms with Crippen LogP contribution in [-0.2, 0) is 9.53 Å². The fourth-order valence-corrected chi connectivity index (χ4v) is 6.07. The molecule has 3 nitrogen and oxygen atoms in total. The lowest BCUT2D eigenvalue weighted by molar-refractivity contribution is -0.142. The normalized spacial score (nSPS) is 37.1. The highest BCUT2D eigenvalue weighted by Crippen LogP contribution is 2.59. The largest absolute Gasteiger partial charge is 0.465 e. The average Bonchev–Trinajstić information content (AvgIpc) is 3.04. The summed E-state index contributed by atoms with van der Waals surface area (Å²) in [6.45, 7) is 9.32. The maximum atomic E-state index is 11.4. The van der Waals surface area contributed by atoms with Gasteiger partial charge in [0, 0.05) is 0 Å². The molecule has 3 aliphatic rings. The van der Waals surface area contributed by atoms with Crippen LogP contribution in [0, 0.1) is 23.2 Å². The van der Waals surface area contributed by atoms with E-state index in [0.29, 0.717) is 24.4 Å². The molecule has 3 aliphatic carbocycles. The van der Waals surface area contributed by atoms with Gasteiger partial charge in [-0.25, -0.2) is 0 Å². The summed E-state index contributed by atoms with van der Waals surface area (Å²) in [4.78, 5) is 11.4. The number of hydrogen-bond acceptors (Lipinski definition) is 3. The van der Waals surface area contributed by atoms with Crippen LogP contribution in [0.5, 0.6) is 0 Å². The summed E-state index contributed by atoms with van der Waals surface area (Å²) in [5.41, 5.74) is 4.23. The molecule has 0 aromatic heterocycles. The first-order valence-corrected chi connectivity index (χ1v) is 11.4. The topological polar surface area (TPSA) is 46.5 Å². The number of hydrogen-bond donors (Lipinski definition) is 1. The monoisotopic (exact) mass is 406 g/mol. The second-order valence-corrected chi connectivity index (χ2v) is 9.59. The summed E-state index contributed by atoms with van der Waals surface area (Å²) in [5.74, 6) is 1.14. The van der Waals surface area contributed by atoms with Gasteiger partial charge in [-0.15, -0.1) is 11.6 Å². The molecule has 3 saturated carbocycles. The molecule has 0 aromatic rings. The van der Waals surface area contributed by atoms with E-state index < -0.39 is 0 Å². The number of alkyl halides is 1. The van der Waals surface area contributed by atoms with Crippen LogP contribution in [0.25, 0.3) is 0 Å². The smallest absolute Gasteiger partial charge is 0.320 e. The van der Waals surface area contributed by atoms with Gasteiger partial charge in [0.15, 0.2) is 0 Å². The van der Waals surface area contributed by atoms with E-state index in [1.54, 1.807) is 5.57 Å². The van der Waals surface area contributed by atoms with Crippen molar-refractivity contribution in [1.82, 2.24) is 0 Å². The Hall–Kier alpha value is -1.06. The standard InChI is InChI=1S/C24H35ClO3/c1-16-6-9-20(26)13-19(16)8-7-18-5-4-12-24(3)21(10-11-22(18)24)17(2)15-28-23(27)14-25/h7-8,17,20-22,26H,1,4-6,9-15H2,2-3H3. The van der Waals surface area contributed by atoms with Crippen LogP contribution < -0.4 is 0 Å². The molecule has 5 atom stereocenters. The number of allylic oxidation sites excluding steroid dienone is 4. The minimum atomic E-state index is -0.320. The second kappa shape index (κ2) is 9.17. The molecule has 4 heteroatoms. The summed E-state index contributed by atoms with van der Waals surface area (Å²) in [6, 6.07) is 0. The molecule has 0 radical (unpaired) electrons. The van der Waals surface area contributed by atoms with Crippen LogP contribution in [0.1, 0.15) is 65.2 Å². The summed E-state index contributed by atoms with van der Waals surface area (Å²) in [6.07, 6.45) is 12.8. The molecular weight excluding hydrogens is 372 g/mol. The van der Waals surface area contributed by atoms with Crippen molar-refractivity contribution in [2.24, 2.45) is 23.2 Å². The van der Waals surface area contributed by atoms with Crippen LogP contribution in [0.15, 0.2) is 35.5 Å². The van der Waals surface area contributed by atoms with Gasteiger partial charge in [0.25, 0.3) is 0 Å². The fourth-order valence-electron chi connectivity index (χ4n) is 5.99. The third-order valence-electron chi connectivity index (χ3n) is 7.53. The lowest BCUT2D eigenvalue weighted by atomic mass is 9.61. The third kappa shape index (κ3) is 4.57. The first-order valence-electron chi connectivity index (χ1n) is 10.8. The van der Waals surface area contributed by atoms with Gasteiger partial charge in [-0.2, -0.15) is 0 Å². The number of ether oxygens (including phenoxy) is 1. The maximum absolute atomic E-state index is 11.4. The van der Waals surface area contributed by atoms with Gasteiger partial charge in [0.2, 0.25) is 0 Å². The van der Waals surface area contributed by atoms with E-state index in [0.717, 1.165) is 19.3 Å². The molecule has 0 saturated heterocycles. The Morgan fingerprint density at radius 3 is 2.89 bits per heavy atom.